The quantitative estimate of drug-likeness (QED) is 0.747. The Hall–Kier alpha value is -1.56. The number of hydrogen-bond donors (Lipinski definition) is 0. The Balaban J connectivity index is 1.80. The molecule has 1 aliphatic carbocycles. The lowest BCUT2D eigenvalue weighted by atomic mass is 9.98. The molecule has 0 radical (unpaired) electrons. The van der Waals surface area contributed by atoms with Crippen molar-refractivity contribution in [2.24, 2.45) is 0 Å². The number of nitrogens with zero attached hydrogens (tertiary/aromatic N) is 1. The number of hydrogen-bond acceptors (Lipinski definition) is 2. The molecule has 21 heavy (non-hydrogen) atoms. The Bertz CT molecular complexity index is 480. The van der Waals surface area contributed by atoms with Crippen molar-refractivity contribution in [1.82, 2.24) is 4.90 Å². The number of carbonyl (C=O) groups is 1. The first-order valence-corrected chi connectivity index (χ1v) is 6.89. The van der Waals surface area contributed by atoms with E-state index in [0.717, 1.165) is 18.1 Å². The van der Waals surface area contributed by atoms with Crippen molar-refractivity contribution in [3.8, 4) is 0 Å². The van der Waals surface area contributed by atoms with Gasteiger partial charge in [-0.25, -0.2) is 0 Å². The molecule has 6 heteroatoms. The van der Waals surface area contributed by atoms with Gasteiger partial charge in [0.2, 0.25) is 5.91 Å². The molecule has 1 amide bonds. The van der Waals surface area contributed by atoms with Gasteiger partial charge < -0.3 is 9.64 Å². The maximum absolute atomic E-state index is 12.5. The van der Waals surface area contributed by atoms with E-state index in [1.54, 1.807) is 4.90 Å². The molecule has 1 aliphatic heterocycles. The van der Waals surface area contributed by atoms with E-state index < -0.39 is 11.7 Å². The summed E-state index contributed by atoms with van der Waals surface area (Å²) in [5.41, 5.74) is 0.367. The maximum atomic E-state index is 12.5. The van der Waals surface area contributed by atoms with Crippen molar-refractivity contribution < 1.29 is 22.7 Å². The van der Waals surface area contributed by atoms with Gasteiger partial charge in [0, 0.05) is 18.7 Å². The molecule has 0 N–H and O–H groups in total. The second-order valence-electron chi connectivity index (χ2n) is 5.22. The van der Waals surface area contributed by atoms with Gasteiger partial charge in [-0.2, -0.15) is 13.2 Å². The largest absolute Gasteiger partial charge is 0.412 e. The summed E-state index contributed by atoms with van der Waals surface area (Å²) in [6.07, 6.45) is 0.727. The average molecular weight is 301 g/mol. The Morgan fingerprint density at radius 2 is 2.19 bits per heavy atom. The lowest BCUT2D eigenvalue weighted by molar-refractivity contribution is -0.125. The SMILES string of the molecule is C=CC(=O)N1CCC(OCC2=CC=C(C(F)(F)F)CC2)C1. The van der Waals surface area contributed by atoms with Gasteiger partial charge in [0.1, 0.15) is 0 Å². The van der Waals surface area contributed by atoms with Gasteiger partial charge in [0.15, 0.2) is 0 Å². The first-order valence-electron chi connectivity index (χ1n) is 6.89. The first kappa shape index (κ1) is 15.8. The predicted molar refractivity (Wildman–Crippen MR) is 72.6 cm³/mol. The zero-order chi connectivity index (χ0) is 15.5. The molecule has 0 bridgehead atoms. The van der Waals surface area contributed by atoms with Crippen LogP contribution in [0.1, 0.15) is 19.3 Å². The Labute approximate surface area is 121 Å². The summed E-state index contributed by atoms with van der Waals surface area (Å²) in [7, 11) is 0. The van der Waals surface area contributed by atoms with Crippen molar-refractivity contribution in [1.29, 1.82) is 0 Å². The lowest BCUT2D eigenvalue weighted by Gasteiger charge is -2.19. The highest BCUT2D eigenvalue weighted by molar-refractivity contribution is 5.87. The number of amides is 1. The predicted octanol–water partition coefficient (Wildman–Crippen LogP) is 3.00. The molecular weight excluding hydrogens is 283 g/mol. The third-order valence-electron chi connectivity index (χ3n) is 3.74. The average Bonchev–Trinajstić information content (AvgIpc) is 2.92. The van der Waals surface area contributed by atoms with E-state index in [1.807, 2.05) is 0 Å². The molecule has 0 aromatic heterocycles. The number of alkyl halides is 3. The van der Waals surface area contributed by atoms with Crippen LogP contribution in [0.25, 0.3) is 0 Å². The van der Waals surface area contributed by atoms with Crippen molar-refractivity contribution in [2.75, 3.05) is 19.7 Å². The summed E-state index contributed by atoms with van der Waals surface area (Å²) in [6.45, 7) is 4.91. The van der Waals surface area contributed by atoms with Crippen LogP contribution in [0, 0.1) is 0 Å². The van der Waals surface area contributed by atoms with Crippen LogP contribution < -0.4 is 0 Å². The summed E-state index contributed by atoms with van der Waals surface area (Å²) in [4.78, 5) is 13.1. The van der Waals surface area contributed by atoms with Crippen molar-refractivity contribution >= 4 is 5.91 Å². The second-order valence-corrected chi connectivity index (χ2v) is 5.22. The summed E-state index contributed by atoms with van der Waals surface area (Å²) >= 11 is 0. The Kier molecular flexibility index (Phi) is 4.88. The van der Waals surface area contributed by atoms with Crippen LogP contribution in [0.3, 0.4) is 0 Å². The van der Waals surface area contributed by atoms with Crippen molar-refractivity contribution in [3.05, 3.63) is 36.0 Å². The van der Waals surface area contributed by atoms with E-state index >= 15 is 0 Å². The topological polar surface area (TPSA) is 29.5 Å². The van der Waals surface area contributed by atoms with Crippen LogP contribution in [-0.4, -0.2) is 42.8 Å². The minimum atomic E-state index is -4.24. The third kappa shape index (κ3) is 4.20. The molecule has 0 spiro atoms. The van der Waals surface area contributed by atoms with E-state index in [2.05, 4.69) is 6.58 Å². The molecule has 2 aliphatic rings. The molecule has 116 valence electrons. The van der Waals surface area contributed by atoms with Crippen LogP contribution in [0.15, 0.2) is 36.0 Å². The minimum absolute atomic E-state index is 0.00440. The zero-order valence-corrected chi connectivity index (χ0v) is 11.7. The summed E-state index contributed by atoms with van der Waals surface area (Å²) in [5, 5.41) is 0. The standard InChI is InChI=1S/C15H18F3NO2/c1-2-14(20)19-8-7-13(9-19)21-10-11-3-5-12(6-4-11)15(16,17)18/h2-3,5,13H,1,4,6-10H2. The number of likely N-dealkylation sites (tertiary alicyclic amines) is 1. The molecule has 1 atom stereocenters. The highest BCUT2D eigenvalue weighted by Crippen LogP contribution is 2.33. The summed E-state index contributed by atoms with van der Waals surface area (Å²) in [5.74, 6) is -0.115. The van der Waals surface area contributed by atoms with Gasteiger partial charge >= 0.3 is 6.18 Å². The molecule has 3 nitrogen and oxygen atoms in total. The third-order valence-corrected chi connectivity index (χ3v) is 3.74. The minimum Gasteiger partial charge on any atom is -0.372 e. The van der Waals surface area contributed by atoms with E-state index in [-0.39, 0.29) is 18.4 Å². The van der Waals surface area contributed by atoms with Gasteiger partial charge in [-0.05, 0) is 30.9 Å². The van der Waals surface area contributed by atoms with Gasteiger partial charge in [0.25, 0.3) is 0 Å². The van der Waals surface area contributed by atoms with Gasteiger partial charge in [-0.1, -0.05) is 18.7 Å². The molecule has 2 rings (SSSR count). The zero-order valence-electron chi connectivity index (χ0n) is 11.7. The highest BCUT2D eigenvalue weighted by Gasteiger charge is 2.33. The maximum Gasteiger partial charge on any atom is 0.412 e. The number of ether oxygens (including phenoxy) is 1. The van der Waals surface area contributed by atoms with Crippen molar-refractivity contribution in [3.63, 3.8) is 0 Å². The number of allylic oxidation sites excluding steroid dienone is 3. The Morgan fingerprint density at radius 3 is 2.76 bits per heavy atom. The summed E-state index contributed by atoms with van der Waals surface area (Å²) < 4.78 is 43.1. The van der Waals surface area contributed by atoms with Gasteiger partial charge in [-0.3, -0.25) is 4.79 Å². The van der Waals surface area contributed by atoms with E-state index in [0.29, 0.717) is 26.1 Å². The Morgan fingerprint density at radius 1 is 1.43 bits per heavy atom. The molecule has 1 unspecified atom stereocenters. The molecule has 0 aromatic carbocycles. The fraction of sp³-hybridized carbons (Fsp3) is 0.533. The van der Waals surface area contributed by atoms with Crippen LogP contribution >= 0.6 is 0 Å². The monoisotopic (exact) mass is 301 g/mol. The van der Waals surface area contributed by atoms with Crippen molar-refractivity contribution in [2.45, 2.75) is 31.5 Å². The molecule has 1 saturated heterocycles. The molecule has 1 fully saturated rings. The van der Waals surface area contributed by atoms with Gasteiger partial charge in [-0.15, -0.1) is 0 Å². The van der Waals surface area contributed by atoms with Crippen LogP contribution in [-0.2, 0) is 9.53 Å². The lowest BCUT2D eigenvalue weighted by Crippen LogP contribution is -2.28. The highest BCUT2D eigenvalue weighted by atomic mass is 19.4. The number of rotatable bonds is 4. The molecule has 0 aromatic rings. The van der Waals surface area contributed by atoms with Gasteiger partial charge in [0.05, 0.1) is 12.7 Å². The second kappa shape index (κ2) is 6.47. The number of halogens is 3. The van der Waals surface area contributed by atoms with E-state index in [4.69, 9.17) is 4.74 Å². The number of carbonyl (C=O) groups excluding carboxylic acids is 1. The van der Waals surface area contributed by atoms with Crippen LogP contribution in [0.2, 0.25) is 0 Å². The normalized spacial score (nSPS) is 22.8. The first-order chi connectivity index (χ1) is 9.90. The smallest absolute Gasteiger partial charge is 0.372 e. The fourth-order valence-electron chi connectivity index (χ4n) is 2.46. The van der Waals surface area contributed by atoms with Crippen LogP contribution in [0.5, 0.6) is 0 Å². The van der Waals surface area contributed by atoms with Crippen LogP contribution in [0.4, 0.5) is 13.2 Å². The van der Waals surface area contributed by atoms with E-state index in [9.17, 15) is 18.0 Å². The fourth-order valence-corrected chi connectivity index (χ4v) is 2.46. The molecular formula is C15H18F3NO2. The summed E-state index contributed by atoms with van der Waals surface area (Å²) in [6, 6.07) is 0. The molecule has 0 saturated carbocycles. The van der Waals surface area contributed by atoms with E-state index in [1.165, 1.54) is 12.2 Å². The molecule has 1 heterocycles.